The molecule has 0 spiro atoms. The zero-order valence-corrected chi connectivity index (χ0v) is 8.65. The van der Waals surface area contributed by atoms with Crippen molar-refractivity contribution in [1.29, 1.82) is 0 Å². The van der Waals surface area contributed by atoms with Crippen LogP contribution < -0.4 is 11.3 Å². The molecule has 74 valence electrons. The molecule has 0 radical (unpaired) electrons. The molecule has 5 heteroatoms. The van der Waals surface area contributed by atoms with Crippen molar-refractivity contribution in [3.8, 4) is 11.8 Å². The molecule has 0 aliphatic carbocycles. The number of aromatic amines is 1. The zero-order valence-electron chi connectivity index (χ0n) is 7.83. The van der Waals surface area contributed by atoms with E-state index in [1.807, 2.05) is 0 Å². The highest BCUT2D eigenvalue weighted by Gasteiger charge is 1.97. The standard InChI is InChI=1S/C9H11N3OS/c1-2-3-4-5-14-9-11-7(10)6-8(13)12-9/h6H,4-5H2,1H3,(H3,10,11,12,13). The summed E-state index contributed by atoms with van der Waals surface area (Å²) in [6.07, 6.45) is 0.777. The lowest BCUT2D eigenvalue weighted by Crippen LogP contribution is -2.09. The van der Waals surface area contributed by atoms with Crippen LogP contribution in [0.25, 0.3) is 0 Å². The maximum Gasteiger partial charge on any atom is 0.253 e. The second kappa shape index (κ2) is 5.35. The Hall–Kier alpha value is -1.41. The third-order valence-electron chi connectivity index (χ3n) is 1.38. The van der Waals surface area contributed by atoms with Crippen LogP contribution in [-0.4, -0.2) is 15.7 Å². The van der Waals surface area contributed by atoms with Crippen LogP contribution in [0.15, 0.2) is 16.0 Å². The molecule has 0 fully saturated rings. The van der Waals surface area contributed by atoms with Gasteiger partial charge in [0.15, 0.2) is 5.16 Å². The van der Waals surface area contributed by atoms with Crippen LogP contribution in [0, 0.1) is 11.8 Å². The van der Waals surface area contributed by atoms with Crippen LogP contribution in [0.3, 0.4) is 0 Å². The molecule has 3 N–H and O–H groups in total. The highest BCUT2D eigenvalue weighted by Crippen LogP contribution is 2.12. The first-order valence-corrected chi connectivity index (χ1v) is 5.10. The van der Waals surface area contributed by atoms with E-state index in [0.717, 1.165) is 12.2 Å². The van der Waals surface area contributed by atoms with Crippen molar-refractivity contribution in [3.63, 3.8) is 0 Å². The van der Waals surface area contributed by atoms with Crippen molar-refractivity contribution >= 4 is 17.6 Å². The van der Waals surface area contributed by atoms with Gasteiger partial charge in [0, 0.05) is 18.2 Å². The highest BCUT2D eigenvalue weighted by molar-refractivity contribution is 7.99. The molecule has 0 bridgehead atoms. The number of hydrogen-bond donors (Lipinski definition) is 2. The number of nitrogens with one attached hydrogen (secondary N) is 1. The van der Waals surface area contributed by atoms with Crippen molar-refractivity contribution in [2.24, 2.45) is 0 Å². The van der Waals surface area contributed by atoms with Crippen molar-refractivity contribution in [3.05, 3.63) is 16.4 Å². The van der Waals surface area contributed by atoms with Gasteiger partial charge in [0.05, 0.1) is 0 Å². The summed E-state index contributed by atoms with van der Waals surface area (Å²) < 4.78 is 0. The van der Waals surface area contributed by atoms with Gasteiger partial charge in [0.2, 0.25) is 0 Å². The van der Waals surface area contributed by atoms with Crippen molar-refractivity contribution in [2.75, 3.05) is 11.5 Å². The Morgan fingerprint density at radius 1 is 1.71 bits per heavy atom. The first-order valence-electron chi connectivity index (χ1n) is 4.11. The predicted octanol–water partition coefficient (Wildman–Crippen LogP) is 0.858. The van der Waals surface area contributed by atoms with Crippen LogP contribution in [-0.2, 0) is 0 Å². The van der Waals surface area contributed by atoms with Crippen molar-refractivity contribution in [2.45, 2.75) is 18.5 Å². The molecule has 0 saturated heterocycles. The molecule has 0 amide bonds. The quantitative estimate of drug-likeness (QED) is 0.335. The normalized spacial score (nSPS) is 9.21. The Kier molecular flexibility index (Phi) is 4.08. The SMILES string of the molecule is CC#CCCSc1nc(N)cc(=O)[nH]1. The van der Waals surface area contributed by atoms with E-state index in [0.29, 0.717) is 5.16 Å². The van der Waals surface area contributed by atoms with E-state index < -0.39 is 0 Å². The molecular weight excluding hydrogens is 198 g/mol. The van der Waals surface area contributed by atoms with E-state index in [9.17, 15) is 4.79 Å². The minimum atomic E-state index is -0.221. The summed E-state index contributed by atoms with van der Waals surface area (Å²) in [6.45, 7) is 1.80. The number of hydrogen-bond acceptors (Lipinski definition) is 4. The summed E-state index contributed by atoms with van der Waals surface area (Å²) >= 11 is 1.44. The van der Waals surface area contributed by atoms with Gasteiger partial charge < -0.3 is 10.7 Å². The smallest absolute Gasteiger partial charge is 0.253 e. The molecule has 0 atom stereocenters. The minimum absolute atomic E-state index is 0.221. The number of aromatic nitrogens is 2. The molecule has 0 aliphatic rings. The fourth-order valence-corrected chi connectivity index (χ4v) is 1.59. The number of nitrogens with zero attached hydrogens (tertiary/aromatic N) is 1. The Labute approximate surface area is 86.3 Å². The fourth-order valence-electron chi connectivity index (χ4n) is 0.845. The number of nitrogens with two attached hydrogens (primary N) is 1. The average Bonchev–Trinajstić information content (AvgIpc) is 2.11. The van der Waals surface area contributed by atoms with Gasteiger partial charge >= 0.3 is 0 Å². The second-order valence-corrected chi connectivity index (χ2v) is 3.58. The fraction of sp³-hybridized carbons (Fsp3) is 0.333. The molecule has 1 heterocycles. The van der Waals surface area contributed by atoms with E-state index in [1.165, 1.54) is 17.8 Å². The number of anilines is 1. The second-order valence-electron chi connectivity index (χ2n) is 2.50. The third kappa shape index (κ3) is 3.54. The molecule has 4 nitrogen and oxygen atoms in total. The monoisotopic (exact) mass is 209 g/mol. The van der Waals surface area contributed by atoms with Gasteiger partial charge in [-0.1, -0.05) is 11.8 Å². The number of H-pyrrole nitrogens is 1. The van der Waals surface area contributed by atoms with Gasteiger partial charge in [-0.25, -0.2) is 4.98 Å². The Morgan fingerprint density at radius 3 is 3.14 bits per heavy atom. The lowest BCUT2D eigenvalue weighted by molar-refractivity contribution is 0.944. The maximum absolute atomic E-state index is 11.0. The lowest BCUT2D eigenvalue weighted by Gasteiger charge is -1.98. The van der Waals surface area contributed by atoms with Crippen LogP contribution in [0.1, 0.15) is 13.3 Å². The molecule has 1 aromatic rings. The van der Waals surface area contributed by atoms with Crippen LogP contribution in [0.5, 0.6) is 0 Å². The summed E-state index contributed by atoms with van der Waals surface area (Å²) in [4.78, 5) is 17.5. The summed E-state index contributed by atoms with van der Waals surface area (Å²) in [7, 11) is 0. The van der Waals surface area contributed by atoms with Crippen LogP contribution in [0.2, 0.25) is 0 Å². The van der Waals surface area contributed by atoms with Crippen LogP contribution >= 0.6 is 11.8 Å². The Bertz CT molecular complexity index is 416. The van der Waals surface area contributed by atoms with Gasteiger partial charge in [0.1, 0.15) is 5.82 Å². The van der Waals surface area contributed by atoms with Crippen molar-refractivity contribution < 1.29 is 0 Å². The molecule has 1 aromatic heterocycles. The number of rotatable bonds is 3. The largest absolute Gasteiger partial charge is 0.383 e. The molecular formula is C9H11N3OS. The maximum atomic E-state index is 11.0. The highest BCUT2D eigenvalue weighted by atomic mass is 32.2. The molecule has 0 aromatic carbocycles. The van der Waals surface area contributed by atoms with Gasteiger partial charge in [-0.05, 0) is 6.92 Å². The Morgan fingerprint density at radius 2 is 2.50 bits per heavy atom. The topological polar surface area (TPSA) is 71.8 Å². The predicted molar refractivity (Wildman–Crippen MR) is 58.1 cm³/mol. The molecule has 14 heavy (non-hydrogen) atoms. The average molecular weight is 209 g/mol. The molecule has 0 aliphatic heterocycles. The van der Waals surface area contributed by atoms with Gasteiger partial charge in [0.25, 0.3) is 5.56 Å². The van der Waals surface area contributed by atoms with Gasteiger partial charge in [-0.3, -0.25) is 4.79 Å². The third-order valence-corrected chi connectivity index (χ3v) is 2.26. The molecule has 0 saturated carbocycles. The van der Waals surface area contributed by atoms with E-state index in [4.69, 9.17) is 5.73 Å². The summed E-state index contributed by atoms with van der Waals surface area (Å²) in [5.41, 5.74) is 5.20. The summed E-state index contributed by atoms with van der Waals surface area (Å²) in [6, 6.07) is 1.26. The van der Waals surface area contributed by atoms with E-state index in [1.54, 1.807) is 6.92 Å². The number of nitrogen functional groups attached to an aromatic ring is 1. The van der Waals surface area contributed by atoms with Gasteiger partial charge in [-0.2, -0.15) is 0 Å². The summed E-state index contributed by atoms with van der Waals surface area (Å²) in [5, 5.41) is 0.549. The minimum Gasteiger partial charge on any atom is -0.383 e. The summed E-state index contributed by atoms with van der Waals surface area (Å²) in [5.74, 6) is 6.77. The number of thioether (sulfide) groups is 1. The van der Waals surface area contributed by atoms with E-state index >= 15 is 0 Å². The van der Waals surface area contributed by atoms with E-state index in [2.05, 4.69) is 21.8 Å². The van der Waals surface area contributed by atoms with E-state index in [-0.39, 0.29) is 11.4 Å². The van der Waals surface area contributed by atoms with Crippen LogP contribution in [0.4, 0.5) is 5.82 Å². The molecule has 0 unspecified atom stereocenters. The first kappa shape index (κ1) is 10.7. The molecule has 1 rings (SSSR count). The zero-order chi connectivity index (χ0) is 10.4. The van der Waals surface area contributed by atoms with Crippen molar-refractivity contribution in [1.82, 2.24) is 9.97 Å². The lowest BCUT2D eigenvalue weighted by atomic mass is 10.5. The Balaban J connectivity index is 2.57. The first-order chi connectivity index (χ1) is 6.72. The van der Waals surface area contributed by atoms with Gasteiger partial charge in [-0.15, -0.1) is 11.8 Å².